The van der Waals surface area contributed by atoms with Crippen LogP contribution in [0.15, 0.2) is 42.5 Å². The first-order valence-corrected chi connectivity index (χ1v) is 15.4. The number of nitrogens with zero attached hydrogens (tertiary/aromatic N) is 1. The maximum absolute atomic E-state index is 12.6. The van der Waals surface area contributed by atoms with Gasteiger partial charge >= 0.3 is 0 Å². The molecule has 2 aromatic carbocycles. The van der Waals surface area contributed by atoms with Crippen LogP contribution in [-0.4, -0.2) is 96.2 Å². The normalized spacial score (nSPS) is 26.5. The molecule has 0 spiro atoms. The highest BCUT2D eigenvalue weighted by atomic mass is 16.8. The van der Waals surface area contributed by atoms with Gasteiger partial charge in [0.25, 0.3) is 0 Å². The first-order valence-electron chi connectivity index (χ1n) is 15.4. The summed E-state index contributed by atoms with van der Waals surface area (Å²) in [5.41, 5.74) is 1.80. The number of aliphatic hydroxyl groups excluding tert-OH is 3. The van der Waals surface area contributed by atoms with Crippen LogP contribution in [0.4, 0.5) is 0 Å². The molecule has 2 heterocycles. The molecule has 2 aromatic rings. The second-order valence-corrected chi connectivity index (χ2v) is 13.1. The largest absolute Gasteiger partial charge is 0.493 e. The maximum atomic E-state index is 12.6. The van der Waals surface area contributed by atoms with Gasteiger partial charge < -0.3 is 39.7 Å². The molecule has 44 heavy (non-hydrogen) atoms. The Bertz CT molecular complexity index is 1310. The zero-order valence-electron chi connectivity index (χ0n) is 26.8. The molecule has 0 aromatic heterocycles. The average molecular weight is 613 g/mol. The van der Waals surface area contributed by atoms with Gasteiger partial charge in [-0.1, -0.05) is 45.0 Å². The van der Waals surface area contributed by atoms with Crippen LogP contribution < -0.4 is 10.1 Å². The molecule has 5 atom stereocenters. The number of ether oxygens (including phenoxy) is 3. The number of rotatable bonds is 14. The number of amides is 1. The zero-order chi connectivity index (χ0) is 32.3. The monoisotopic (exact) mass is 612 g/mol. The molecule has 10 nitrogen and oxygen atoms in total. The number of aliphatic hydroxyl groups is 3. The van der Waals surface area contributed by atoms with Crippen molar-refractivity contribution in [1.29, 1.82) is 0 Å². The van der Waals surface area contributed by atoms with E-state index in [0.29, 0.717) is 30.7 Å². The van der Waals surface area contributed by atoms with Crippen molar-refractivity contribution < 1.29 is 39.1 Å². The number of hydrogen-bond donors (Lipinski definition) is 4. The summed E-state index contributed by atoms with van der Waals surface area (Å²) < 4.78 is 18.1. The third-order valence-electron chi connectivity index (χ3n) is 8.88. The van der Waals surface area contributed by atoms with Crippen LogP contribution in [-0.2, 0) is 31.3 Å². The van der Waals surface area contributed by atoms with Crippen LogP contribution in [0.2, 0.25) is 0 Å². The fraction of sp³-hybridized carbons (Fsp3) is 0.588. The van der Waals surface area contributed by atoms with E-state index in [-0.39, 0.29) is 37.7 Å². The summed E-state index contributed by atoms with van der Waals surface area (Å²) in [4.78, 5) is 27.1. The zero-order valence-corrected chi connectivity index (χ0v) is 26.8. The lowest BCUT2D eigenvalue weighted by molar-refractivity contribution is -0.325. The lowest BCUT2D eigenvalue weighted by Crippen LogP contribution is -2.64. The van der Waals surface area contributed by atoms with Crippen LogP contribution in [0, 0.1) is 12.3 Å². The summed E-state index contributed by atoms with van der Waals surface area (Å²) in [6.07, 6.45) is -2.72. The Morgan fingerprint density at radius 1 is 1.09 bits per heavy atom. The minimum Gasteiger partial charge on any atom is -0.493 e. The van der Waals surface area contributed by atoms with Gasteiger partial charge in [-0.05, 0) is 68.8 Å². The molecule has 10 heteroatoms. The SMILES string of the molecule is CC[C@@]12CO[C@@](c3ccc(C)c(Cc4ccc(OCCC(=O)CC(C)(C)C(=O)NCCN(C)C)cc4)c3)(O1)[C@H](O)[C@@H](O)[C@@H]2O. The van der Waals surface area contributed by atoms with Gasteiger partial charge in [-0.3, -0.25) is 9.59 Å². The molecule has 2 saturated heterocycles. The molecule has 1 amide bonds. The van der Waals surface area contributed by atoms with Gasteiger partial charge in [0, 0.05) is 31.5 Å². The minimum atomic E-state index is -1.56. The number of carbonyl (C=O) groups is 2. The Kier molecular flexibility index (Phi) is 10.5. The Balaban J connectivity index is 1.33. The van der Waals surface area contributed by atoms with Gasteiger partial charge in [-0.25, -0.2) is 0 Å². The summed E-state index contributed by atoms with van der Waals surface area (Å²) in [7, 11) is 3.88. The number of ketones is 1. The lowest BCUT2D eigenvalue weighted by Gasteiger charge is -2.46. The van der Waals surface area contributed by atoms with Crippen LogP contribution in [0.5, 0.6) is 5.75 Å². The summed E-state index contributed by atoms with van der Waals surface area (Å²) in [5, 5.41) is 35.1. The average Bonchev–Trinajstić information content (AvgIpc) is 3.36. The molecule has 242 valence electrons. The first-order chi connectivity index (χ1) is 20.7. The van der Waals surface area contributed by atoms with E-state index >= 15 is 0 Å². The summed E-state index contributed by atoms with van der Waals surface area (Å²) in [5.74, 6) is -1.07. The molecular weight excluding hydrogens is 564 g/mol. The summed E-state index contributed by atoms with van der Waals surface area (Å²) in [6.45, 7) is 8.99. The van der Waals surface area contributed by atoms with E-state index in [4.69, 9.17) is 14.2 Å². The van der Waals surface area contributed by atoms with E-state index in [9.17, 15) is 24.9 Å². The maximum Gasteiger partial charge on any atom is 0.226 e. The van der Waals surface area contributed by atoms with Crippen molar-refractivity contribution in [2.75, 3.05) is 40.4 Å². The first kappa shape index (κ1) is 34.0. The van der Waals surface area contributed by atoms with E-state index in [1.165, 1.54) is 0 Å². The fourth-order valence-electron chi connectivity index (χ4n) is 5.87. The molecule has 2 aliphatic rings. The lowest BCUT2D eigenvalue weighted by atomic mass is 9.82. The quantitative estimate of drug-likeness (QED) is 0.254. The van der Waals surface area contributed by atoms with E-state index in [0.717, 1.165) is 23.2 Å². The van der Waals surface area contributed by atoms with Crippen LogP contribution in [0.25, 0.3) is 0 Å². The molecule has 0 aliphatic carbocycles. The van der Waals surface area contributed by atoms with Gasteiger partial charge in [0.15, 0.2) is 0 Å². The number of carbonyl (C=O) groups excluding carboxylic acids is 2. The van der Waals surface area contributed by atoms with Crippen molar-refractivity contribution in [3.8, 4) is 5.75 Å². The molecule has 0 unspecified atom stereocenters. The number of nitrogens with one attached hydrogen (secondary N) is 1. The van der Waals surface area contributed by atoms with Gasteiger partial charge in [-0.15, -0.1) is 0 Å². The van der Waals surface area contributed by atoms with Gasteiger partial charge in [0.05, 0.1) is 18.6 Å². The van der Waals surface area contributed by atoms with Crippen molar-refractivity contribution in [2.24, 2.45) is 5.41 Å². The molecule has 2 bridgehead atoms. The Morgan fingerprint density at radius 2 is 1.80 bits per heavy atom. The van der Waals surface area contributed by atoms with Crippen LogP contribution in [0.1, 0.15) is 62.3 Å². The topological polar surface area (TPSA) is 138 Å². The number of likely N-dealkylation sites (N-methyl/N-ethyl adjacent to an activating group) is 1. The molecule has 2 fully saturated rings. The molecule has 0 radical (unpaired) electrons. The predicted molar refractivity (Wildman–Crippen MR) is 165 cm³/mol. The summed E-state index contributed by atoms with van der Waals surface area (Å²) in [6, 6.07) is 13.3. The minimum absolute atomic E-state index is 0.0271. The van der Waals surface area contributed by atoms with Crippen molar-refractivity contribution in [1.82, 2.24) is 10.2 Å². The second kappa shape index (κ2) is 13.6. The van der Waals surface area contributed by atoms with E-state index in [2.05, 4.69) is 5.32 Å². The Hall–Kier alpha value is -2.86. The Morgan fingerprint density at radius 3 is 2.45 bits per heavy atom. The predicted octanol–water partition coefficient (Wildman–Crippen LogP) is 2.46. The summed E-state index contributed by atoms with van der Waals surface area (Å²) >= 11 is 0. The highest BCUT2D eigenvalue weighted by molar-refractivity contribution is 5.89. The highest BCUT2D eigenvalue weighted by Crippen LogP contribution is 2.51. The van der Waals surface area contributed by atoms with Crippen LogP contribution >= 0.6 is 0 Å². The molecule has 4 N–H and O–H groups in total. The third-order valence-corrected chi connectivity index (χ3v) is 8.88. The van der Waals surface area contributed by atoms with Gasteiger partial charge in [0.2, 0.25) is 11.7 Å². The van der Waals surface area contributed by atoms with E-state index < -0.39 is 35.1 Å². The fourth-order valence-corrected chi connectivity index (χ4v) is 5.87. The van der Waals surface area contributed by atoms with Crippen molar-refractivity contribution in [2.45, 2.75) is 83.1 Å². The molecule has 2 aliphatic heterocycles. The van der Waals surface area contributed by atoms with Gasteiger partial charge in [0.1, 0.15) is 35.4 Å². The third kappa shape index (κ3) is 7.17. The van der Waals surface area contributed by atoms with Crippen molar-refractivity contribution in [3.05, 3.63) is 64.7 Å². The van der Waals surface area contributed by atoms with Crippen molar-refractivity contribution >= 4 is 11.7 Å². The number of aryl methyl sites for hydroxylation is 1. The smallest absolute Gasteiger partial charge is 0.226 e. The van der Waals surface area contributed by atoms with E-state index in [1.54, 1.807) is 13.8 Å². The highest BCUT2D eigenvalue weighted by Gasteiger charge is 2.66. The number of benzene rings is 2. The van der Waals surface area contributed by atoms with Gasteiger partial charge in [-0.2, -0.15) is 0 Å². The molecular formula is C34H48N2O8. The number of fused-ring (bicyclic) bond motifs is 2. The van der Waals surface area contributed by atoms with E-state index in [1.807, 2.05) is 75.3 Å². The Labute approximate surface area is 260 Å². The molecule has 0 saturated carbocycles. The standard InChI is InChI=1S/C34H48N2O8/c1-7-33-21-43-34(44-33,30(40)28(38)29(33)39)25-11-8-22(2)24(19-25)18-23-9-12-27(13-10-23)42-17-14-26(37)20-32(3,4)31(41)35-15-16-36(5)6/h8-13,19,28-30,38-40H,7,14-18,20-21H2,1-6H3,(H,35,41)/t28-,29-,30+,33-,34-/m0/s1. The second-order valence-electron chi connectivity index (χ2n) is 13.1. The van der Waals surface area contributed by atoms with Crippen molar-refractivity contribution in [3.63, 3.8) is 0 Å². The van der Waals surface area contributed by atoms with Crippen LogP contribution in [0.3, 0.4) is 0 Å². The number of hydrogen-bond acceptors (Lipinski definition) is 9. The number of Topliss-reactive ketones (excluding diaryl/α,β-unsaturated/α-hetero) is 1. The molecule has 4 rings (SSSR count).